The maximum absolute atomic E-state index is 13.3. The van der Waals surface area contributed by atoms with E-state index in [9.17, 15) is 13.2 Å². The number of carbonyl (C=O) groups is 1. The second kappa shape index (κ2) is 9.11. The van der Waals surface area contributed by atoms with Crippen LogP contribution in [-0.4, -0.2) is 52.5 Å². The lowest BCUT2D eigenvalue weighted by Crippen LogP contribution is -2.41. The number of aromatic nitrogens is 2. The first-order valence-electron chi connectivity index (χ1n) is 8.70. The number of hydrogen-bond acceptors (Lipinski definition) is 6. The Bertz CT molecular complexity index is 988. The highest BCUT2D eigenvalue weighted by atomic mass is 79.9. The van der Waals surface area contributed by atoms with Gasteiger partial charge in [-0.1, -0.05) is 58.3 Å². The summed E-state index contributed by atoms with van der Waals surface area (Å²) >= 11 is 11.1. The second-order valence-electron chi connectivity index (χ2n) is 6.40. The van der Waals surface area contributed by atoms with Gasteiger partial charge >= 0.3 is 0 Å². The van der Waals surface area contributed by atoms with Gasteiger partial charge in [-0.2, -0.15) is 0 Å². The molecule has 2 heterocycles. The van der Waals surface area contributed by atoms with E-state index in [1.807, 2.05) is 31.2 Å². The van der Waals surface area contributed by atoms with E-state index in [2.05, 4.69) is 25.9 Å². The molecule has 1 saturated heterocycles. The molecule has 1 aromatic carbocycles. The molecule has 10 heteroatoms. The summed E-state index contributed by atoms with van der Waals surface area (Å²) < 4.78 is 24.9. The van der Waals surface area contributed by atoms with E-state index in [1.54, 1.807) is 4.90 Å². The molecule has 3 rings (SSSR count). The van der Waals surface area contributed by atoms with Gasteiger partial charge in [0.15, 0.2) is 20.7 Å². The van der Waals surface area contributed by atoms with Crippen molar-refractivity contribution in [1.82, 2.24) is 14.9 Å². The lowest BCUT2D eigenvalue weighted by Gasteiger charge is -2.28. The third-order valence-electron chi connectivity index (χ3n) is 4.35. The fraction of sp³-hybridized carbons (Fsp3) is 0.389. The molecule has 1 amide bonds. The average Bonchev–Trinajstić information content (AvgIpc) is 3.00. The highest BCUT2D eigenvalue weighted by molar-refractivity contribution is 9.10. The third-order valence-corrected chi connectivity index (χ3v) is 7.61. The number of hydrogen-bond donors (Lipinski definition) is 0. The van der Waals surface area contributed by atoms with Crippen LogP contribution in [-0.2, 0) is 16.4 Å². The molecule has 0 spiro atoms. The Labute approximate surface area is 182 Å². The minimum atomic E-state index is -3.16. The van der Waals surface area contributed by atoms with Crippen molar-refractivity contribution >= 4 is 55.0 Å². The maximum atomic E-state index is 13.3. The molecule has 0 saturated carbocycles. The van der Waals surface area contributed by atoms with Crippen molar-refractivity contribution in [3.8, 4) is 0 Å². The summed E-state index contributed by atoms with van der Waals surface area (Å²) in [5, 5.41) is 0.627. The average molecular weight is 505 g/mol. The number of amides is 1. The van der Waals surface area contributed by atoms with Crippen molar-refractivity contribution < 1.29 is 13.2 Å². The third kappa shape index (κ3) is 5.25. The molecular formula is C18H19BrClN3O3S2. The summed E-state index contributed by atoms with van der Waals surface area (Å²) in [7, 11) is -3.16. The van der Waals surface area contributed by atoms with Crippen molar-refractivity contribution in [2.24, 2.45) is 0 Å². The van der Waals surface area contributed by atoms with Crippen molar-refractivity contribution in [3.05, 3.63) is 51.2 Å². The van der Waals surface area contributed by atoms with Crippen LogP contribution in [0.15, 0.2) is 40.1 Å². The van der Waals surface area contributed by atoms with Gasteiger partial charge in [0.2, 0.25) is 0 Å². The van der Waals surface area contributed by atoms with Gasteiger partial charge in [-0.15, -0.1) is 0 Å². The zero-order valence-corrected chi connectivity index (χ0v) is 19.1. The number of sulfone groups is 1. The Kier molecular flexibility index (Phi) is 7.01. The molecule has 0 aliphatic carbocycles. The molecule has 1 atom stereocenters. The van der Waals surface area contributed by atoms with Gasteiger partial charge in [0.1, 0.15) is 0 Å². The Morgan fingerprint density at radius 2 is 2.21 bits per heavy atom. The van der Waals surface area contributed by atoms with Crippen LogP contribution in [0.4, 0.5) is 0 Å². The predicted octanol–water partition coefficient (Wildman–Crippen LogP) is 3.83. The number of nitrogens with zero attached hydrogens (tertiary/aromatic N) is 3. The Balaban J connectivity index is 1.96. The summed E-state index contributed by atoms with van der Waals surface area (Å²) in [6.07, 6.45) is 1.82. The van der Waals surface area contributed by atoms with E-state index in [4.69, 9.17) is 11.6 Å². The molecule has 0 N–H and O–H groups in total. The van der Waals surface area contributed by atoms with E-state index >= 15 is 0 Å². The summed E-state index contributed by atoms with van der Waals surface area (Å²) in [4.78, 5) is 23.4. The number of thioether (sulfide) groups is 1. The van der Waals surface area contributed by atoms with Crippen LogP contribution in [0, 0.1) is 0 Å². The molecule has 28 heavy (non-hydrogen) atoms. The molecule has 6 nitrogen and oxygen atoms in total. The summed E-state index contributed by atoms with van der Waals surface area (Å²) in [5.74, 6) is 0.408. The van der Waals surface area contributed by atoms with Crippen molar-refractivity contribution in [2.45, 2.75) is 31.1 Å². The Hall–Kier alpha value is -1.16. The normalized spacial score (nSPS) is 18.2. The van der Waals surface area contributed by atoms with Crippen LogP contribution >= 0.6 is 39.3 Å². The van der Waals surface area contributed by atoms with Crippen molar-refractivity contribution in [3.63, 3.8) is 0 Å². The number of halogens is 2. The van der Waals surface area contributed by atoms with E-state index < -0.39 is 15.9 Å². The van der Waals surface area contributed by atoms with Crippen LogP contribution in [0.2, 0.25) is 5.02 Å². The molecule has 1 fully saturated rings. The molecule has 1 aliphatic rings. The minimum absolute atomic E-state index is 0.0496. The molecule has 2 aromatic rings. The predicted molar refractivity (Wildman–Crippen MR) is 115 cm³/mol. The van der Waals surface area contributed by atoms with E-state index in [0.717, 1.165) is 15.8 Å². The highest BCUT2D eigenvalue weighted by Gasteiger charge is 2.36. The van der Waals surface area contributed by atoms with E-state index in [1.165, 1.54) is 18.0 Å². The Morgan fingerprint density at radius 1 is 1.43 bits per heavy atom. The van der Waals surface area contributed by atoms with Crippen molar-refractivity contribution in [2.75, 3.05) is 17.3 Å². The fourth-order valence-electron chi connectivity index (χ4n) is 3.06. The van der Waals surface area contributed by atoms with Crippen LogP contribution in [0.3, 0.4) is 0 Å². The largest absolute Gasteiger partial charge is 0.329 e. The van der Waals surface area contributed by atoms with Gasteiger partial charge in [-0.25, -0.2) is 18.4 Å². The molecule has 1 aromatic heterocycles. The molecule has 1 unspecified atom stereocenters. The lowest BCUT2D eigenvalue weighted by molar-refractivity contribution is 0.0674. The number of carbonyl (C=O) groups excluding carboxylic acids is 1. The highest BCUT2D eigenvalue weighted by Crippen LogP contribution is 2.26. The SMILES string of the molecule is CCSc1ncc(Cl)c(C(=O)N(Cc2cccc(Br)c2)C2CCS(=O)(=O)C2)n1. The molecule has 0 bridgehead atoms. The van der Waals surface area contributed by atoms with Gasteiger partial charge < -0.3 is 4.90 Å². The quantitative estimate of drug-likeness (QED) is 0.439. The van der Waals surface area contributed by atoms with Gasteiger partial charge in [-0.3, -0.25) is 4.79 Å². The number of benzene rings is 1. The zero-order chi connectivity index (χ0) is 20.3. The van der Waals surface area contributed by atoms with Gasteiger partial charge in [0, 0.05) is 17.1 Å². The fourth-order valence-corrected chi connectivity index (χ4v) is 5.95. The minimum Gasteiger partial charge on any atom is -0.329 e. The van der Waals surface area contributed by atoms with Crippen LogP contribution in [0.1, 0.15) is 29.4 Å². The summed E-state index contributed by atoms with van der Waals surface area (Å²) in [5.41, 5.74) is 0.993. The molecule has 0 radical (unpaired) electrons. The van der Waals surface area contributed by atoms with Crippen LogP contribution in [0.25, 0.3) is 0 Å². The van der Waals surface area contributed by atoms with E-state index in [0.29, 0.717) is 11.6 Å². The molecule has 1 aliphatic heterocycles. The standard InChI is InChI=1S/C18H19BrClN3O3S2/c1-2-27-18-21-9-15(20)16(22-18)17(24)23(14-6-7-28(25,26)11-14)10-12-4-3-5-13(19)8-12/h3-5,8-9,14H,2,6-7,10-11H2,1H3. The van der Waals surface area contributed by atoms with Crippen LogP contribution < -0.4 is 0 Å². The van der Waals surface area contributed by atoms with Crippen molar-refractivity contribution in [1.29, 1.82) is 0 Å². The first kappa shape index (κ1) is 21.5. The first-order valence-corrected chi connectivity index (χ1v) is 12.7. The van der Waals surface area contributed by atoms with Gasteiger partial charge in [0.25, 0.3) is 5.91 Å². The lowest BCUT2D eigenvalue weighted by atomic mass is 10.1. The van der Waals surface area contributed by atoms with Crippen LogP contribution in [0.5, 0.6) is 0 Å². The smallest absolute Gasteiger partial charge is 0.274 e. The second-order valence-corrected chi connectivity index (χ2v) is 11.2. The topological polar surface area (TPSA) is 80.2 Å². The monoisotopic (exact) mass is 503 g/mol. The molecule has 150 valence electrons. The number of rotatable bonds is 6. The van der Waals surface area contributed by atoms with E-state index in [-0.39, 0.29) is 34.7 Å². The summed E-state index contributed by atoms with van der Waals surface area (Å²) in [6, 6.07) is 7.16. The first-order chi connectivity index (χ1) is 13.3. The molecular weight excluding hydrogens is 486 g/mol. The zero-order valence-electron chi connectivity index (χ0n) is 15.1. The van der Waals surface area contributed by atoms with Gasteiger partial charge in [-0.05, 0) is 29.9 Å². The summed E-state index contributed by atoms with van der Waals surface area (Å²) in [6.45, 7) is 2.24. The Morgan fingerprint density at radius 3 is 2.86 bits per heavy atom. The maximum Gasteiger partial charge on any atom is 0.274 e. The van der Waals surface area contributed by atoms with Gasteiger partial charge in [0.05, 0.1) is 22.7 Å².